The molecule has 1 aromatic rings. The predicted octanol–water partition coefficient (Wildman–Crippen LogP) is 1.26. The molecule has 2 rings (SSSR count). The second kappa shape index (κ2) is 4.83. The molecule has 2 N–H and O–H groups in total. The highest BCUT2D eigenvalue weighted by atomic mass is 16.3. The predicted molar refractivity (Wildman–Crippen MR) is 65.9 cm³/mol. The zero-order valence-corrected chi connectivity index (χ0v) is 10.4. The minimum atomic E-state index is -0.737. The number of nitrogens with zero attached hydrogens (tertiary/aromatic N) is 2. The summed E-state index contributed by atoms with van der Waals surface area (Å²) in [5.41, 5.74) is 0.0839. The van der Waals surface area contributed by atoms with Gasteiger partial charge in [-0.15, -0.1) is 0 Å². The van der Waals surface area contributed by atoms with E-state index in [1.54, 1.807) is 7.05 Å². The molecule has 0 saturated heterocycles. The highest BCUT2D eigenvalue weighted by Gasteiger charge is 2.33. The van der Waals surface area contributed by atoms with E-state index >= 15 is 0 Å². The van der Waals surface area contributed by atoms with Crippen molar-refractivity contribution < 1.29 is 9.90 Å². The van der Waals surface area contributed by atoms with Crippen molar-refractivity contribution in [2.24, 2.45) is 0 Å². The lowest BCUT2D eigenvalue weighted by atomic mass is 10.0. The second-order valence-corrected chi connectivity index (χ2v) is 5.01. The van der Waals surface area contributed by atoms with Gasteiger partial charge in [0.2, 0.25) is 0 Å². The molecule has 96 valence electrons. The van der Waals surface area contributed by atoms with Crippen LogP contribution >= 0.6 is 0 Å². The van der Waals surface area contributed by atoms with Crippen LogP contribution in [0.5, 0.6) is 0 Å². The number of nitrogens with one attached hydrogen (secondary N) is 1. The molecule has 1 amide bonds. The number of aromatic amines is 1. The monoisotopic (exact) mass is 247 g/mol. The number of hydrogen-bond acceptors (Lipinski definition) is 3. The summed E-state index contributed by atoms with van der Waals surface area (Å²) >= 11 is 0. The third-order valence-corrected chi connectivity index (χ3v) is 3.46. The normalized spacial score (nSPS) is 17.4. The Kier molecular flexibility index (Phi) is 3.39. The first kappa shape index (κ1) is 12.7. The number of H-pyrrole nitrogens is 1. The van der Waals surface area contributed by atoms with Crippen LogP contribution in [0.25, 0.3) is 0 Å². The first-order valence-corrected chi connectivity index (χ1v) is 6.10. The molecule has 0 aromatic carbocycles. The fraction of sp³-hybridized carbons (Fsp3) is 0.538. The fourth-order valence-corrected chi connectivity index (χ4v) is 2.51. The summed E-state index contributed by atoms with van der Waals surface area (Å²) in [6, 6.07) is 3.47. The number of rotatable bonds is 3. The van der Waals surface area contributed by atoms with E-state index < -0.39 is 5.60 Å². The highest BCUT2D eigenvalue weighted by molar-refractivity contribution is 5.94. The van der Waals surface area contributed by atoms with E-state index in [-0.39, 0.29) is 5.91 Å². The van der Waals surface area contributed by atoms with Crippen LogP contribution < -0.4 is 0 Å². The molecule has 0 radical (unpaired) electrons. The lowest BCUT2D eigenvalue weighted by Gasteiger charge is -2.28. The topological polar surface area (TPSA) is 80.1 Å². The van der Waals surface area contributed by atoms with Gasteiger partial charge in [-0.3, -0.25) is 4.79 Å². The van der Waals surface area contributed by atoms with E-state index in [1.165, 1.54) is 17.2 Å². The number of likely N-dealkylation sites (N-methyl/N-ethyl adjacent to an activating group) is 1. The van der Waals surface area contributed by atoms with E-state index in [9.17, 15) is 9.90 Å². The maximum absolute atomic E-state index is 12.1. The van der Waals surface area contributed by atoms with Gasteiger partial charge in [-0.1, -0.05) is 12.8 Å². The zero-order valence-electron chi connectivity index (χ0n) is 10.4. The third kappa shape index (κ3) is 2.54. The maximum atomic E-state index is 12.1. The van der Waals surface area contributed by atoms with Crippen molar-refractivity contribution in [3.8, 4) is 6.07 Å². The van der Waals surface area contributed by atoms with Gasteiger partial charge >= 0.3 is 0 Å². The minimum absolute atomic E-state index is 0.173. The molecule has 1 aliphatic carbocycles. The van der Waals surface area contributed by atoms with Gasteiger partial charge in [0.1, 0.15) is 11.8 Å². The van der Waals surface area contributed by atoms with E-state index in [0.717, 1.165) is 25.7 Å². The number of aliphatic hydroxyl groups is 1. The summed E-state index contributed by atoms with van der Waals surface area (Å²) in [6.07, 6.45) is 5.06. The van der Waals surface area contributed by atoms with Crippen LogP contribution in [0.3, 0.4) is 0 Å². The van der Waals surface area contributed by atoms with Crippen LogP contribution in [0, 0.1) is 11.3 Å². The Morgan fingerprint density at radius 3 is 2.83 bits per heavy atom. The Bertz CT molecular complexity index is 481. The molecule has 5 nitrogen and oxygen atoms in total. The summed E-state index contributed by atoms with van der Waals surface area (Å²) < 4.78 is 0. The molecule has 1 aliphatic rings. The van der Waals surface area contributed by atoms with Crippen molar-refractivity contribution in [3.63, 3.8) is 0 Å². The molecule has 0 atom stereocenters. The van der Waals surface area contributed by atoms with E-state index in [4.69, 9.17) is 5.26 Å². The fourth-order valence-electron chi connectivity index (χ4n) is 2.51. The molecule has 0 spiro atoms. The van der Waals surface area contributed by atoms with E-state index in [1.807, 2.05) is 6.07 Å². The molecule has 5 heteroatoms. The first-order valence-electron chi connectivity index (χ1n) is 6.10. The van der Waals surface area contributed by atoms with Gasteiger partial charge in [0, 0.05) is 19.8 Å². The average molecular weight is 247 g/mol. The van der Waals surface area contributed by atoms with Crippen LogP contribution in [-0.2, 0) is 0 Å². The Morgan fingerprint density at radius 1 is 1.61 bits per heavy atom. The van der Waals surface area contributed by atoms with Gasteiger partial charge < -0.3 is 15.0 Å². The molecule has 0 unspecified atom stereocenters. The van der Waals surface area contributed by atoms with Gasteiger partial charge in [-0.25, -0.2) is 0 Å². The molecular weight excluding hydrogens is 230 g/mol. The summed E-state index contributed by atoms with van der Waals surface area (Å²) in [4.78, 5) is 16.3. The van der Waals surface area contributed by atoms with Crippen molar-refractivity contribution in [3.05, 3.63) is 23.5 Å². The molecule has 1 heterocycles. The standard InChI is InChI=1S/C13H17N3O2/c1-16(9-13(18)4-2-3-5-13)12(17)10-6-11(7-14)15-8-10/h6,8,15,18H,2-5,9H2,1H3. The minimum Gasteiger partial charge on any atom is -0.388 e. The highest BCUT2D eigenvalue weighted by Crippen LogP contribution is 2.30. The lowest BCUT2D eigenvalue weighted by molar-refractivity contribution is 0.0157. The summed E-state index contributed by atoms with van der Waals surface area (Å²) in [5.74, 6) is -0.173. The quantitative estimate of drug-likeness (QED) is 0.844. The van der Waals surface area contributed by atoms with Crippen LogP contribution in [-0.4, -0.2) is 40.1 Å². The van der Waals surface area contributed by atoms with Gasteiger partial charge in [-0.2, -0.15) is 5.26 Å². The van der Waals surface area contributed by atoms with Crippen molar-refractivity contribution in [2.45, 2.75) is 31.3 Å². The van der Waals surface area contributed by atoms with Crippen molar-refractivity contribution in [1.29, 1.82) is 5.26 Å². The van der Waals surface area contributed by atoms with Crippen molar-refractivity contribution >= 4 is 5.91 Å². The van der Waals surface area contributed by atoms with Crippen molar-refractivity contribution in [1.82, 2.24) is 9.88 Å². The van der Waals surface area contributed by atoms with Crippen LogP contribution in [0.4, 0.5) is 0 Å². The molecule has 18 heavy (non-hydrogen) atoms. The zero-order chi connectivity index (χ0) is 13.2. The smallest absolute Gasteiger partial charge is 0.255 e. The third-order valence-electron chi connectivity index (χ3n) is 3.46. The average Bonchev–Trinajstić information content (AvgIpc) is 2.96. The van der Waals surface area contributed by atoms with Crippen molar-refractivity contribution in [2.75, 3.05) is 13.6 Å². The number of aromatic nitrogens is 1. The van der Waals surface area contributed by atoms with Gasteiger partial charge in [0.25, 0.3) is 5.91 Å². The number of hydrogen-bond donors (Lipinski definition) is 2. The summed E-state index contributed by atoms with van der Waals surface area (Å²) in [7, 11) is 1.68. The SMILES string of the molecule is CN(CC1(O)CCCC1)C(=O)c1c[nH]c(C#N)c1. The Hall–Kier alpha value is -1.80. The van der Waals surface area contributed by atoms with E-state index in [0.29, 0.717) is 17.8 Å². The van der Waals surface area contributed by atoms with Gasteiger partial charge in [0.15, 0.2) is 0 Å². The number of carbonyl (C=O) groups excluding carboxylic acids is 1. The Labute approximate surface area is 106 Å². The molecule has 0 aliphatic heterocycles. The molecule has 1 fully saturated rings. The number of carbonyl (C=O) groups is 1. The van der Waals surface area contributed by atoms with Crippen LogP contribution in [0.1, 0.15) is 41.7 Å². The second-order valence-electron chi connectivity index (χ2n) is 5.01. The number of nitriles is 1. The largest absolute Gasteiger partial charge is 0.388 e. The Balaban J connectivity index is 2.02. The molecule has 0 bridgehead atoms. The number of amides is 1. The van der Waals surface area contributed by atoms with Gasteiger partial charge in [-0.05, 0) is 18.9 Å². The molecule has 1 saturated carbocycles. The summed E-state index contributed by atoms with van der Waals surface area (Å²) in [6.45, 7) is 0.346. The van der Waals surface area contributed by atoms with Gasteiger partial charge in [0.05, 0.1) is 11.2 Å². The molecule has 1 aromatic heterocycles. The molecular formula is C13H17N3O2. The van der Waals surface area contributed by atoms with E-state index in [2.05, 4.69) is 4.98 Å². The van der Waals surface area contributed by atoms with Crippen LogP contribution in [0.2, 0.25) is 0 Å². The first-order chi connectivity index (χ1) is 8.54. The Morgan fingerprint density at radius 2 is 2.28 bits per heavy atom. The van der Waals surface area contributed by atoms with Crippen LogP contribution in [0.15, 0.2) is 12.3 Å². The maximum Gasteiger partial charge on any atom is 0.255 e. The lowest BCUT2D eigenvalue weighted by Crippen LogP contribution is -2.41. The summed E-state index contributed by atoms with van der Waals surface area (Å²) in [5, 5.41) is 19.0.